The lowest BCUT2D eigenvalue weighted by Gasteiger charge is -2.47. The number of nitrogens with zero attached hydrogens (tertiary/aromatic N) is 2. The van der Waals surface area contributed by atoms with Crippen molar-refractivity contribution in [1.82, 2.24) is 4.98 Å². The number of alkyl halides is 3. The van der Waals surface area contributed by atoms with Gasteiger partial charge >= 0.3 is 6.18 Å². The Hall–Kier alpha value is -2.35. The van der Waals surface area contributed by atoms with Gasteiger partial charge in [0.15, 0.2) is 5.60 Å². The third-order valence-electron chi connectivity index (χ3n) is 4.30. The Morgan fingerprint density at radius 1 is 1.15 bits per heavy atom. The first kappa shape index (κ1) is 18.4. The first-order valence-electron chi connectivity index (χ1n) is 8.06. The second kappa shape index (κ2) is 6.42. The Morgan fingerprint density at radius 2 is 1.81 bits per heavy atom. The molecule has 0 unspecified atom stereocenters. The summed E-state index contributed by atoms with van der Waals surface area (Å²) in [6.45, 7) is 2.57. The fourth-order valence-corrected chi connectivity index (χ4v) is 2.74. The molecule has 1 N–H and O–H groups in total. The summed E-state index contributed by atoms with van der Waals surface area (Å²) in [5.74, 6) is 0.490. The molecule has 0 aliphatic carbocycles. The number of anilines is 1. The predicted octanol–water partition coefficient (Wildman–Crippen LogP) is 4.25. The van der Waals surface area contributed by atoms with Crippen molar-refractivity contribution < 1.29 is 27.4 Å². The van der Waals surface area contributed by atoms with Crippen LogP contribution >= 0.6 is 0 Å². The van der Waals surface area contributed by atoms with E-state index in [9.17, 15) is 22.7 Å². The number of halogens is 4. The molecule has 3 rings (SSSR count). The van der Waals surface area contributed by atoms with E-state index in [1.807, 2.05) is 13.8 Å². The molecule has 8 heteroatoms. The molecule has 0 atom stereocenters. The van der Waals surface area contributed by atoms with Crippen molar-refractivity contribution in [1.29, 1.82) is 0 Å². The molecule has 0 amide bonds. The van der Waals surface area contributed by atoms with Crippen LogP contribution in [-0.4, -0.2) is 35.0 Å². The number of ether oxygens (including phenoxy) is 1. The van der Waals surface area contributed by atoms with E-state index in [0.29, 0.717) is 11.3 Å². The average molecular weight is 370 g/mol. The fourth-order valence-electron chi connectivity index (χ4n) is 2.74. The van der Waals surface area contributed by atoms with Gasteiger partial charge in [0, 0.05) is 18.3 Å². The molecule has 4 nitrogen and oxygen atoms in total. The van der Waals surface area contributed by atoms with E-state index in [2.05, 4.69) is 4.98 Å². The third kappa shape index (κ3) is 3.46. The van der Waals surface area contributed by atoms with Crippen molar-refractivity contribution in [3.63, 3.8) is 0 Å². The summed E-state index contributed by atoms with van der Waals surface area (Å²) in [6, 6.07) is 7.50. The number of aliphatic hydroxyl groups is 1. The summed E-state index contributed by atoms with van der Waals surface area (Å²) in [5.41, 5.74) is -2.15. The summed E-state index contributed by atoms with van der Waals surface area (Å²) in [5, 5.41) is 9.52. The normalized spacial score (nSPS) is 16.5. The van der Waals surface area contributed by atoms with Crippen molar-refractivity contribution in [3.8, 4) is 11.5 Å². The zero-order valence-corrected chi connectivity index (χ0v) is 14.2. The molecule has 1 fully saturated rings. The van der Waals surface area contributed by atoms with Crippen molar-refractivity contribution in [2.75, 3.05) is 18.0 Å². The topological polar surface area (TPSA) is 45.6 Å². The Labute approximate surface area is 148 Å². The zero-order chi connectivity index (χ0) is 19.1. The number of aromatic nitrogens is 1. The van der Waals surface area contributed by atoms with E-state index < -0.39 is 24.9 Å². The van der Waals surface area contributed by atoms with Gasteiger partial charge in [-0.25, -0.2) is 9.37 Å². The quantitative estimate of drug-likeness (QED) is 0.818. The van der Waals surface area contributed by atoms with E-state index in [0.717, 1.165) is 0 Å². The summed E-state index contributed by atoms with van der Waals surface area (Å²) in [4.78, 5) is 5.29. The number of benzene rings is 1. The van der Waals surface area contributed by atoms with Crippen molar-refractivity contribution in [2.24, 2.45) is 0 Å². The molecule has 140 valence electrons. The Kier molecular flexibility index (Phi) is 4.56. The minimum atomic E-state index is -4.69. The minimum Gasteiger partial charge on any atom is -0.457 e. The molecule has 2 heterocycles. The van der Waals surface area contributed by atoms with Crippen molar-refractivity contribution in [3.05, 3.63) is 47.9 Å². The van der Waals surface area contributed by atoms with Gasteiger partial charge in [-0.3, -0.25) is 0 Å². The second-order valence-electron chi connectivity index (χ2n) is 6.68. The molecule has 0 saturated carbocycles. The smallest absolute Gasteiger partial charge is 0.420 e. The molecule has 1 saturated heterocycles. The van der Waals surface area contributed by atoms with Crippen LogP contribution in [0.5, 0.6) is 11.5 Å². The van der Waals surface area contributed by atoms with Gasteiger partial charge in [-0.2, -0.15) is 13.2 Å². The first-order chi connectivity index (χ1) is 12.1. The number of hydrogen-bond donors (Lipinski definition) is 1. The SMILES string of the molecule is CC(C)c1ccc(Oc2ccnc(N3CC(O)(C(F)(F)F)C3)c2)cc1F. The van der Waals surface area contributed by atoms with Crippen LogP contribution < -0.4 is 9.64 Å². The standard InChI is InChI=1S/C18H18F4N2O2/c1-11(2)14-4-3-12(7-15(14)19)26-13-5-6-23-16(8-13)24-9-17(25,10-24)18(20,21)22/h3-8,11,25H,9-10H2,1-2H3. The van der Waals surface area contributed by atoms with Gasteiger partial charge in [-0.15, -0.1) is 0 Å². The highest BCUT2D eigenvalue weighted by Crippen LogP contribution is 2.40. The van der Waals surface area contributed by atoms with Gasteiger partial charge in [0.25, 0.3) is 0 Å². The average Bonchev–Trinajstić information content (AvgIpc) is 2.50. The fraction of sp³-hybridized carbons (Fsp3) is 0.389. The first-order valence-corrected chi connectivity index (χ1v) is 8.06. The molecule has 1 aliphatic heterocycles. The van der Waals surface area contributed by atoms with Gasteiger partial charge < -0.3 is 14.7 Å². The third-order valence-corrected chi connectivity index (χ3v) is 4.30. The maximum absolute atomic E-state index is 14.0. The van der Waals surface area contributed by atoms with Crippen LogP contribution in [0.4, 0.5) is 23.4 Å². The summed E-state index contributed by atoms with van der Waals surface area (Å²) in [7, 11) is 0. The number of hydrogen-bond acceptors (Lipinski definition) is 4. The summed E-state index contributed by atoms with van der Waals surface area (Å²) in [6.07, 6.45) is -3.30. The lowest BCUT2D eigenvalue weighted by Crippen LogP contribution is -2.69. The Morgan fingerprint density at radius 3 is 2.38 bits per heavy atom. The van der Waals surface area contributed by atoms with Gasteiger partial charge in [-0.1, -0.05) is 19.9 Å². The van der Waals surface area contributed by atoms with Crippen LogP contribution in [-0.2, 0) is 0 Å². The van der Waals surface area contributed by atoms with Crippen LogP contribution in [0.2, 0.25) is 0 Å². The van der Waals surface area contributed by atoms with Crippen LogP contribution in [0.15, 0.2) is 36.5 Å². The van der Waals surface area contributed by atoms with Crippen LogP contribution in [0.25, 0.3) is 0 Å². The van der Waals surface area contributed by atoms with E-state index in [1.165, 1.54) is 29.3 Å². The Bertz CT molecular complexity index is 802. The van der Waals surface area contributed by atoms with Gasteiger partial charge in [-0.05, 0) is 23.6 Å². The highest BCUT2D eigenvalue weighted by atomic mass is 19.4. The molecule has 0 radical (unpaired) electrons. The van der Waals surface area contributed by atoms with Crippen molar-refractivity contribution >= 4 is 5.82 Å². The maximum Gasteiger partial charge on any atom is 0.420 e. The lowest BCUT2D eigenvalue weighted by atomic mass is 9.93. The van der Waals surface area contributed by atoms with Gasteiger partial charge in [0.1, 0.15) is 23.1 Å². The molecular weight excluding hydrogens is 352 g/mol. The molecular formula is C18H18F4N2O2. The molecule has 0 spiro atoms. The molecule has 0 bridgehead atoms. The van der Waals surface area contributed by atoms with E-state index in [-0.39, 0.29) is 23.3 Å². The molecule has 1 aromatic carbocycles. The largest absolute Gasteiger partial charge is 0.457 e. The van der Waals surface area contributed by atoms with Gasteiger partial charge in [0.2, 0.25) is 0 Å². The monoisotopic (exact) mass is 370 g/mol. The van der Waals surface area contributed by atoms with Crippen LogP contribution in [0.1, 0.15) is 25.3 Å². The summed E-state index contributed by atoms with van der Waals surface area (Å²) >= 11 is 0. The van der Waals surface area contributed by atoms with Gasteiger partial charge in [0.05, 0.1) is 13.1 Å². The van der Waals surface area contributed by atoms with E-state index in [4.69, 9.17) is 4.74 Å². The van der Waals surface area contributed by atoms with E-state index in [1.54, 1.807) is 12.1 Å². The zero-order valence-electron chi connectivity index (χ0n) is 14.2. The highest BCUT2D eigenvalue weighted by Gasteiger charge is 2.61. The predicted molar refractivity (Wildman–Crippen MR) is 88.0 cm³/mol. The number of rotatable bonds is 4. The molecule has 1 aliphatic rings. The maximum atomic E-state index is 14.0. The number of pyridine rings is 1. The minimum absolute atomic E-state index is 0.0374. The summed E-state index contributed by atoms with van der Waals surface area (Å²) < 4.78 is 57.8. The molecule has 26 heavy (non-hydrogen) atoms. The van der Waals surface area contributed by atoms with Crippen LogP contribution in [0, 0.1) is 5.82 Å². The lowest BCUT2D eigenvalue weighted by molar-refractivity contribution is -0.267. The van der Waals surface area contributed by atoms with E-state index >= 15 is 0 Å². The second-order valence-corrected chi connectivity index (χ2v) is 6.68. The van der Waals surface area contributed by atoms with Crippen molar-refractivity contribution in [2.45, 2.75) is 31.5 Å². The molecule has 2 aromatic rings. The highest BCUT2D eigenvalue weighted by molar-refractivity contribution is 5.49. The Balaban J connectivity index is 1.72. The number of β-amino-alcohol motifs (C(OH)–C–C–N with tert-alkyl or cyclic N) is 1. The molecule has 1 aromatic heterocycles. The van der Waals surface area contributed by atoms with Crippen LogP contribution in [0.3, 0.4) is 0 Å².